The number of H-pyrrole nitrogens is 1. The van der Waals surface area contributed by atoms with Crippen molar-refractivity contribution < 1.29 is 9.90 Å². The van der Waals surface area contributed by atoms with E-state index in [-0.39, 0.29) is 11.7 Å². The Balaban J connectivity index is 1.45. The summed E-state index contributed by atoms with van der Waals surface area (Å²) in [5.74, 6) is -0.204. The number of hydrazone groups is 1. The SMILES string of the molecule is C/C(=N\NC(=O)c1cc(-c2ccc(-c3ccccc3)cc2)n[nH]1)c1ccc(O)cc1. The Labute approximate surface area is 173 Å². The maximum absolute atomic E-state index is 12.4. The lowest BCUT2D eigenvalue weighted by Crippen LogP contribution is -2.19. The standard InChI is InChI=1S/C24H20N4O2/c1-16(17-11-13-21(29)14-12-17)25-28-24(30)23-15-22(26-27-23)20-9-7-19(8-10-20)18-5-3-2-4-6-18/h2-15,29H,1H3,(H,26,27)(H,28,30)/b25-16+. The van der Waals surface area contributed by atoms with Gasteiger partial charge in [0.05, 0.1) is 11.4 Å². The van der Waals surface area contributed by atoms with Gasteiger partial charge in [-0.25, -0.2) is 5.43 Å². The number of phenolic OH excluding ortho intramolecular Hbond substituents is 1. The number of hydrogen-bond acceptors (Lipinski definition) is 4. The molecule has 0 radical (unpaired) electrons. The quantitative estimate of drug-likeness (QED) is 0.340. The van der Waals surface area contributed by atoms with E-state index in [0.717, 1.165) is 22.3 Å². The second-order valence-corrected chi connectivity index (χ2v) is 6.80. The van der Waals surface area contributed by atoms with Gasteiger partial charge in [-0.2, -0.15) is 10.2 Å². The minimum atomic E-state index is -0.382. The van der Waals surface area contributed by atoms with E-state index in [1.54, 1.807) is 37.3 Å². The molecule has 0 atom stereocenters. The van der Waals surface area contributed by atoms with Crippen LogP contribution in [0.4, 0.5) is 0 Å². The van der Waals surface area contributed by atoms with Gasteiger partial charge in [-0.1, -0.05) is 54.6 Å². The van der Waals surface area contributed by atoms with Crippen molar-refractivity contribution in [1.82, 2.24) is 15.6 Å². The Morgan fingerprint density at radius 1 is 0.900 bits per heavy atom. The molecule has 0 spiro atoms. The highest BCUT2D eigenvalue weighted by molar-refractivity contribution is 6.00. The number of nitrogens with one attached hydrogen (secondary N) is 2. The van der Waals surface area contributed by atoms with E-state index < -0.39 is 0 Å². The fourth-order valence-electron chi connectivity index (χ4n) is 3.01. The van der Waals surface area contributed by atoms with Crippen molar-refractivity contribution in [2.24, 2.45) is 5.10 Å². The van der Waals surface area contributed by atoms with Crippen LogP contribution in [-0.4, -0.2) is 26.9 Å². The minimum Gasteiger partial charge on any atom is -0.508 e. The Morgan fingerprint density at radius 3 is 2.23 bits per heavy atom. The number of aromatic nitrogens is 2. The summed E-state index contributed by atoms with van der Waals surface area (Å²) in [5, 5.41) is 20.5. The molecule has 6 heteroatoms. The third-order valence-corrected chi connectivity index (χ3v) is 4.72. The molecule has 6 nitrogen and oxygen atoms in total. The normalized spacial score (nSPS) is 11.3. The summed E-state index contributed by atoms with van der Waals surface area (Å²) in [6, 6.07) is 26.4. The Kier molecular flexibility index (Phi) is 5.39. The maximum Gasteiger partial charge on any atom is 0.289 e. The molecule has 0 unspecified atom stereocenters. The fourth-order valence-corrected chi connectivity index (χ4v) is 3.01. The topological polar surface area (TPSA) is 90.4 Å². The lowest BCUT2D eigenvalue weighted by Gasteiger charge is -2.02. The predicted molar refractivity (Wildman–Crippen MR) is 117 cm³/mol. The van der Waals surface area contributed by atoms with Gasteiger partial charge in [0.1, 0.15) is 11.4 Å². The lowest BCUT2D eigenvalue weighted by atomic mass is 10.0. The molecular weight excluding hydrogens is 376 g/mol. The number of aromatic amines is 1. The van der Waals surface area contributed by atoms with Crippen LogP contribution in [0.5, 0.6) is 5.75 Å². The highest BCUT2D eigenvalue weighted by Crippen LogP contribution is 2.24. The number of rotatable bonds is 5. The molecule has 0 bridgehead atoms. The molecule has 0 saturated carbocycles. The van der Waals surface area contributed by atoms with Crippen LogP contribution in [0, 0.1) is 0 Å². The third-order valence-electron chi connectivity index (χ3n) is 4.72. The van der Waals surface area contributed by atoms with Gasteiger partial charge < -0.3 is 5.11 Å². The van der Waals surface area contributed by atoms with Crippen molar-refractivity contribution in [3.63, 3.8) is 0 Å². The molecule has 148 valence electrons. The van der Waals surface area contributed by atoms with Crippen LogP contribution in [-0.2, 0) is 0 Å². The highest BCUT2D eigenvalue weighted by Gasteiger charge is 2.11. The summed E-state index contributed by atoms with van der Waals surface area (Å²) < 4.78 is 0. The van der Waals surface area contributed by atoms with Crippen LogP contribution in [0.2, 0.25) is 0 Å². The van der Waals surface area contributed by atoms with Crippen LogP contribution in [0.15, 0.2) is 90.0 Å². The first-order valence-electron chi connectivity index (χ1n) is 9.45. The van der Waals surface area contributed by atoms with Crippen molar-refractivity contribution in [3.8, 4) is 28.1 Å². The summed E-state index contributed by atoms with van der Waals surface area (Å²) in [4.78, 5) is 12.4. The first-order valence-corrected chi connectivity index (χ1v) is 9.45. The first-order chi connectivity index (χ1) is 14.6. The van der Waals surface area contributed by atoms with Crippen LogP contribution < -0.4 is 5.43 Å². The molecular formula is C24H20N4O2. The van der Waals surface area contributed by atoms with Gasteiger partial charge in [0.2, 0.25) is 0 Å². The van der Waals surface area contributed by atoms with E-state index in [0.29, 0.717) is 17.1 Å². The van der Waals surface area contributed by atoms with Gasteiger partial charge in [0.15, 0.2) is 0 Å². The molecule has 0 aliphatic rings. The maximum atomic E-state index is 12.4. The number of aromatic hydroxyl groups is 1. The number of benzene rings is 3. The van der Waals surface area contributed by atoms with E-state index in [1.807, 2.05) is 42.5 Å². The average molecular weight is 396 g/mol. The second-order valence-electron chi connectivity index (χ2n) is 6.80. The molecule has 3 aromatic carbocycles. The summed E-state index contributed by atoms with van der Waals surface area (Å²) in [5.41, 5.74) is 8.12. The molecule has 1 amide bonds. The van der Waals surface area contributed by atoms with Crippen molar-refractivity contribution in [2.45, 2.75) is 6.92 Å². The van der Waals surface area contributed by atoms with Crippen LogP contribution in [0.1, 0.15) is 23.0 Å². The zero-order valence-corrected chi connectivity index (χ0v) is 16.3. The molecule has 0 aliphatic carbocycles. The Morgan fingerprint density at radius 2 is 1.53 bits per heavy atom. The van der Waals surface area contributed by atoms with Crippen molar-refractivity contribution in [3.05, 3.63) is 96.2 Å². The molecule has 30 heavy (non-hydrogen) atoms. The summed E-state index contributed by atoms with van der Waals surface area (Å²) in [6.07, 6.45) is 0. The van der Waals surface area contributed by atoms with Crippen molar-refractivity contribution >= 4 is 11.6 Å². The van der Waals surface area contributed by atoms with Gasteiger partial charge in [0, 0.05) is 5.56 Å². The number of phenols is 1. The van der Waals surface area contributed by atoms with E-state index in [2.05, 4.69) is 32.9 Å². The molecule has 1 aromatic heterocycles. The largest absolute Gasteiger partial charge is 0.508 e. The smallest absolute Gasteiger partial charge is 0.289 e. The monoisotopic (exact) mass is 396 g/mol. The first kappa shape index (κ1) is 19.1. The minimum absolute atomic E-state index is 0.178. The predicted octanol–water partition coefficient (Wildman–Crippen LogP) is 4.60. The van der Waals surface area contributed by atoms with E-state index in [1.165, 1.54) is 0 Å². The zero-order chi connectivity index (χ0) is 20.9. The molecule has 3 N–H and O–H groups in total. The summed E-state index contributed by atoms with van der Waals surface area (Å²) >= 11 is 0. The number of nitrogens with zero attached hydrogens (tertiary/aromatic N) is 2. The van der Waals surface area contributed by atoms with Crippen LogP contribution in [0.3, 0.4) is 0 Å². The van der Waals surface area contributed by atoms with Gasteiger partial charge in [0.25, 0.3) is 5.91 Å². The Bertz CT molecular complexity index is 1180. The lowest BCUT2D eigenvalue weighted by molar-refractivity contribution is 0.0950. The third kappa shape index (κ3) is 4.28. The fraction of sp³-hybridized carbons (Fsp3) is 0.0417. The summed E-state index contributed by atoms with van der Waals surface area (Å²) in [6.45, 7) is 1.78. The van der Waals surface area contributed by atoms with Crippen molar-refractivity contribution in [2.75, 3.05) is 0 Å². The van der Waals surface area contributed by atoms with Crippen molar-refractivity contribution in [1.29, 1.82) is 0 Å². The molecule has 0 aliphatic heterocycles. The van der Waals surface area contributed by atoms with E-state index >= 15 is 0 Å². The van der Waals surface area contributed by atoms with Gasteiger partial charge in [-0.15, -0.1) is 0 Å². The molecule has 4 aromatic rings. The van der Waals surface area contributed by atoms with E-state index in [9.17, 15) is 9.90 Å². The highest BCUT2D eigenvalue weighted by atomic mass is 16.3. The summed E-state index contributed by atoms with van der Waals surface area (Å²) in [7, 11) is 0. The molecule has 0 saturated heterocycles. The molecule has 4 rings (SSSR count). The average Bonchev–Trinajstić information content (AvgIpc) is 3.29. The molecule has 1 heterocycles. The van der Waals surface area contributed by atoms with Gasteiger partial charge >= 0.3 is 0 Å². The van der Waals surface area contributed by atoms with Crippen LogP contribution in [0.25, 0.3) is 22.4 Å². The van der Waals surface area contributed by atoms with Crippen LogP contribution >= 0.6 is 0 Å². The second kappa shape index (κ2) is 8.45. The van der Waals surface area contributed by atoms with Gasteiger partial charge in [-0.05, 0) is 53.9 Å². The number of amides is 1. The number of carbonyl (C=O) groups is 1. The molecule has 0 fully saturated rings. The van der Waals surface area contributed by atoms with E-state index in [4.69, 9.17) is 0 Å². The van der Waals surface area contributed by atoms with Gasteiger partial charge in [-0.3, -0.25) is 9.89 Å². The number of carbonyl (C=O) groups excluding carboxylic acids is 1. The number of hydrogen-bond donors (Lipinski definition) is 3. The Hall–Kier alpha value is -4.19. The zero-order valence-electron chi connectivity index (χ0n) is 16.3.